The van der Waals surface area contributed by atoms with E-state index in [4.69, 9.17) is 9.47 Å². The first-order valence-electron chi connectivity index (χ1n) is 9.81. The van der Waals surface area contributed by atoms with Gasteiger partial charge in [-0.25, -0.2) is 0 Å². The smallest absolute Gasteiger partial charge is 0.334 e. The Hall–Kier alpha value is -3.92. The summed E-state index contributed by atoms with van der Waals surface area (Å²) in [4.78, 5) is 53.4. The van der Waals surface area contributed by atoms with Crippen molar-refractivity contribution in [1.82, 2.24) is 0 Å². The molecule has 0 saturated heterocycles. The predicted molar refractivity (Wildman–Crippen MR) is 108 cm³/mol. The number of phenols is 1. The van der Waals surface area contributed by atoms with Gasteiger partial charge < -0.3 is 30.3 Å². The Kier molecular flexibility index (Phi) is 4.93. The highest BCUT2D eigenvalue weighted by Gasteiger charge is 2.57. The summed E-state index contributed by atoms with van der Waals surface area (Å²) in [6.07, 6.45) is -5.25. The number of esters is 2. The van der Waals surface area contributed by atoms with Crippen LogP contribution in [0, 0.1) is 10.4 Å². The maximum absolute atomic E-state index is 13.4. The molecule has 3 aliphatic rings. The zero-order chi connectivity index (χ0) is 24.4. The SMILES string of the molecule is CC(=O)O[C@@H]1c2c(c3c(=O)c4cccc(O)c4c(=O)c=3c2=[N+]=[N-])[C@H](O)[C@@H](OC(C)=O)[C@]1(C)O. The molecule has 1 aromatic rings. The number of rotatable bonds is 2. The van der Waals surface area contributed by atoms with Gasteiger partial charge >= 0.3 is 17.3 Å². The molecular weight excluding hydrogens is 436 g/mol. The van der Waals surface area contributed by atoms with Gasteiger partial charge in [0, 0.05) is 30.0 Å². The maximum atomic E-state index is 13.4. The second-order valence-corrected chi connectivity index (χ2v) is 8.07. The Morgan fingerprint density at radius 2 is 1.70 bits per heavy atom. The summed E-state index contributed by atoms with van der Waals surface area (Å²) in [7, 11) is 0. The lowest BCUT2D eigenvalue weighted by molar-refractivity contribution is -0.216. The van der Waals surface area contributed by atoms with Crippen LogP contribution in [0.1, 0.15) is 44.1 Å². The minimum absolute atomic E-state index is 0.164. The van der Waals surface area contributed by atoms with Gasteiger partial charge in [0.2, 0.25) is 5.43 Å². The van der Waals surface area contributed by atoms with Crippen LogP contribution in [0.15, 0.2) is 27.8 Å². The average Bonchev–Trinajstić information content (AvgIpc) is 3.07. The van der Waals surface area contributed by atoms with Gasteiger partial charge in [-0.15, -0.1) is 0 Å². The van der Waals surface area contributed by atoms with Gasteiger partial charge in [0.15, 0.2) is 17.6 Å². The first kappa shape index (κ1) is 22.3. The molecule has 0 radical (unpaired) electrons. The topological polar surface area (TPSA) is 184 Å². The number of hydrogen-bond donors (Lipinski definition) is 3. The van der Waals surface area contributed by atoms with Crippen LogP contribution in [0.25, 0.3) is 16.3 Å². The average molecular weight is 454 g/mol. The highest BCUT2D eigenvalue weighted by molar-refractivity contribution is 5.88. The van der Waals surface area contributed by atoms with Crippen molar-refractivity contribution in [3.63, 3.8) is 0 Å². The van der Waals surface area contributed by atoms with E-state index < -0.39 is 63.0 Å². The van der Waals surface area contributed by atoms with Crippen molar-refractivity contribution in [2.45, 2.75) is 44.7 Å². The Morgan fingerprint density at radius 1 is 1.06 bits per heavy atom. The number of fused-ring (bicyclic) bond motifs is 3. The molecule has 0 amide bonds. The van der Waals surface area contributed by atoms with E-state index in [-0.39, 0.29) is 27.1 Å². The molecule has 1 aromatic carbocycles. The molecule has 0 heterocycles. The second kappa shape index (κ2) is 7.31. The Labute approximate surface area is 184 Å². The Morgan fingerprint density at radius 3 is 2.27 bits per heavy atom. The third-order valence-electron chi connectivity index (χ3n) is 5.90. The van der Waals surface area contributed by atoms with Crippen molar-refractivity contribution < 1.29 is 39.2 Å². The number of carbonyl (C=O) groups excluding carboxylic acids is 2. The van der Waals surface area contributed by atoms with E-state index in [2.05, 4.69) is 4.79 Å². The number of nitrogens with zero attached hydrogens (tertiary/aromatic N) is 2. The van der Waals surface area contributed by atoms with Crippen LogP contribution >= 0.6 is 0 Å². The van der Waals surface area contributed by atoms with Crippen LogP contribution in [-0.2, 0) is 19.1 Å². The number of hydrogen-bond acceptors (Lipinski definition) is 9. The minimum atomic E-state index is -2.25. The zero-order valence-corrected chi connectivity index (χ0v) is 17.6. The molecule has 33 heavy (non-hydrogen) atoms. The lowest BCUT2D eigenvalue weighted by Crippen LogP contribution is -2.55. The number of carbonyl (C=O) groups is 2. The molecule has 0 aliphatic heterocycles. The van der Waals surface area contributed by atoms with Gasteiger partial charge in [0.05, 0.1) is 10.9 Å². The molecule has 11 heteroatoms. The third-order valence-corrected chi connectivity index (χ3v) is 5.90. The second-order valence-electron chi connectivity index (χ2n) is 8.07. The highest BCUT2D eigenvalue weighted by atomic mass is 16.6. The van der Waals surface area contributed by atoms with Crippen LogP contribution in [-0.4, -0.2) is 43.8 Å². The molecule has 0 bridgehead atoms. The molecule has 0 spiro atoms. The number of ether oxygens (including phenoxy) is 2. The number of phenolic OH excluding ortho intramolecular Hbond substituents is 1. The van der Waals surface area contributed by atoms with Crippen molar-refractivity contribution in [3.05, 3.63) is 71.1 Å². The van der Waals surface area contributed by atoms with E-state index in [1.165, 1.54) is 18.2 Å². The first-order valence-corrected chi connectivity index (χ1v) is 9.81. The van der Waals surface area contributed by atoms with Gasteiger partial charge in [0.1, 0.15) is 22.7 Å². The summed E-state index contributed by atoms with van der Waals surface area (Å²) in [5.41, 5.74) is 5.31. The summed E-state index contributed by atoms with van der Waals surface area (Å²) in [5.74, 6) is -2.25. The molecule has 0 unspecified atom stereocenters. The van der Waals surface area contributed by atoms with E-state index in [0.717, 1.165) is 20.8 Å². The molecule has 3 N–H and O–H groups in total. The molecule has 0 saturated carbocycles. The van der Waals surface area contributed by atoms with E-state index in [1.807, 2.05) is 0 Å². The van der Waals surface area contributed by atoms with Crippen LogP contribution in [0.2, 0.25) is 0 Å². The molecule has 3 aliphatic carbocycles. The highest BCUT2D eigenvalue weighted by Crippen LogP contribution is 2.45. The van der Waals surface area contributed by atoms with Crippen LogP contribution < -0.4 is 16.2 Å². The summed E-state index contributed by atoms with van der Waals surface area (Å²) >= 11 is 0. The summed E-state index contributed by atoms with van der Waals surface area (Å²) in [6.45, 7) is 3.18. The first-order chi connectivity index (χ1) is 15.4. The Balaban J connectivity index is 2.31. The predicted octanol–water partition coefficient (Wildman–Crippen LogP) is -0.669. The van der Waals surface area contributed by atoms with Gasteiger partial charge in [-0.1, -0.05) is 12.1 Å². The fourth-order valence-corrected chi connectivity index (χ4v) is 4.63. The lowest BCUT2D eigenvalue weighted by atomic mass is 9.76. The van der Waals surface area contributed by atoms with E-state index in [1.54, 1.807) is 0 Å². The molecule has 170 valence electrons. The van der Waals surface area contributed by atoms with E-state index in [9.17, 15) is 40.0 Å². The molecule has 0 aromatic heterocycles. The van der Waals surface area contributed by atoms with Crippen molar-refractivity contribution in [2.75, 3.05) is 0 Å². The molecule has 11 nitrogen and oxygen atoms in total. The van der Waals surface area contributed by atoms with E-state index in [0.29, 0.717) is 0 Å². The standard InChI is InChI=1S/C22H18N2O9/c1-7(25)32-20-15-13(19(30)21(22(20,3)31)33-8(2)26)12-14(16(15)24-23)18(29)11-9(17(12)28)5-4-6-10(11)27/h4-6,19-21,27,30-31H,1-3H3/t19-,20+,21+,22+/m0/s1. The summed E-state index contributed by atoms with van der Waals surface area (Å²) < 4.78 is 10.4. The van der Waals surface area contributed by atoms with Crippen molar-refractivity contribution in [3.8, 4) is 5.75 Å². The van der Waals surface area contributed by atoms with Gasteiger partial charge in [-0.2, -0.15) is 4.79 Å². The third kappa shape index (κ3) is 2.98. The van der Waals surface area contributed by atoms with Gasteiger partial charge in [-0.3, -0.25) is 19.2 Å². The van der Waals surface area contributed by atoms with Crippen LogP contribution in [0.5, 0.6) is 5.75 Å². The fourth-order valence-electron chi connectivity index (χ4n) is 4.63. The largest absolute Gasteiger partial charge is 0.507 e. The van der Waals surface area contributed by atoms with Crippen molar-refractivity contribution in [2.24, 2.45) is 0 Å². The zero-order valence-electron chi connectivity index (χ0n) is 17.6. The number of aliphatic hydroxyl groups excluding tert-OH is 1. The molecular formula is C22H18N2O9. The van der Waals surface area contributed by atoms with Crippen LogP contribution in [0.3, 0.4) is 0 Å². The normalized spacial score (nSPS) is 24.3. The Bertz CT molecular complexity index is 1590. The minimum Gasteiger partial charge on any atom is -0.507 e. The summed E-state index contributed by atoms with van der Waals surface area (Å²) in [5, 5.41) is 30.7. The number of aromatic hydroxyl groups is 1. The maximum Gasteiger partial charge on any atom is 0.334 e. The summed E-state index contributed by atoms with van der Waals surface area (Å²) in [6, 6.07) is 3.85. The molecule has 4 atom stereocenters. The van der Waals surface area contributed by atoms with Gasteiger partial charge in [-0.05, 0) is 13.0 Å². The number of aliphatic hydroxyl groups is 2. The molecule has 4 rings (SSSR count). The monoisotopic (exact) mass is 454 g/mol. The van der Waals surface area contributed by atoms with Crippen molar-refractivity contribution in [1.29, 1.82) is 0 Å². The van der Waals surface area contributed by atoms with Crippen LogP contribution in [0.4, 0.5) is 0 Å². The fraction of sp³-hybridized carbons (Fsp3) is 0.318. The quantitative estimate of drug-likeness (QED) is 0.257. The lowest BCUT2D eigenvalue weighted by Gasteiger charge is -2.43. The van der Waals surface area contributed by atoms with Gasteiger partial charge in [0.25, 0.3) is 0 Å². The molecule has 0 fully saturated rings. The number of benzene rings is 1. The van der Waals surface area contributed by atoms with Crippen molar-refractivity contribution >= 4 is 22.7 Å². The van der Waals surface area contributed by atoms with E-state index >= 15 is 0 Å².